The van der Waals surface area contributed by atoms with E-state index in [1.165, 1.54) is 13.0 Å². The minimum Gasteiger partial charge on any atom is -0.293 e. The summed E-state index contributed by atoms with van der Waals surface area (Å²) in [5.41, 5.74) is 0.758. The monoisotopic (exact) mass is 153 g/mol. The predicted molar refractivity (Wildman–Crippen MR) is 38.9 cm³/mol. The molecule has 1 rings (SSSR count). The third-order valence-electron chi connectivity index (χ3n) is 1.41. The van der Waals surface area contributed by atoms with Gasteiger partial charge in [-0.25, -0.2) is 4.39 Å². The van der Waals surface area contributed by atoms with Gasteiger partial charge in [0.1, 0.15) is 11.5 Å². The Bertz CT molecular complexity index is 296. The number of aryl methyl sites for hydroxylation is 1. The topological polar surface area (TPSA) is 30.0 Å². The molecule has 0 atom stereocenters. The van der Waals surface area contributed by atoms with Crippen LogP contribution >= 0.6 is 0 Å². The van der Waals surface area contributed by atoms with Gasteiger partial charge >= 0.3 is 0 Å². The Balaban J connectivity index is 3.15. The maximum absolute atomic E-state index is 12.6. The van der Waals surface area contributed by atoms with E-state index in [0.717, 1.165) is 6.20 Å². The number of hydrogen-bond acceptors (Lipinski definition) is 2. The molecule has 58 valence electrons. The molecule has 3 heteroatoms. The first-order valence-electron chi connectivity index (χ1n) is 3.24. The molecule has 11 heavy (non-hydrogen) atoms. The largest absolute Gasteiger partial charge is 0.293 e. The van der Waals surface area contributed by atoms with Crippen molar-refractivity contribution in [1.82, 2.24) is 4.98 Å². The van der Waals surface area contributed by atoms with E-state index >= 15 is 0 Å². The van der Waals surface area contributed by atoms with Gasteiger partial charge in [-0.1, -0.05) is 0 Å². The van der Waals surface area contributed by atoms with E-state index in [0.29, 0.717) is 11.3 Å². The molecule has 0 unspecified atom stereocenters. The van der Waals surface area contributed by atoms with Crippen molar-refractivity contribution in [2.45, 2.75) is 13.8 Å². The summed E-state index contributed by atoms with van der Waals surface area (Å²) in [6.45, 7) is 3.00. The number of rotatable bonds is 1. The molecule has 2 nitrogen and oxygen atoms in total. The summed E-state index contributed by atoms with van der Waals surface area (Å²) in [6, 6.07) is 1.44. The number of aromatic nitrogens is 1. The first kappa shape index (κ1) is 7.85. The van der Waals surface area contributed by atoms with Crippen LogP contribution < -0.4 is 0 Å². The summed E-state index contributed by atoms with van der Waals surface area (Å²) in [5.74, 6) is -0.525. The smallest absolute Gasteiger partial charge is 0.178 e. The van der Waals surface area contributed by atoms with Gasteiger partial charge in [0.25, 0.3) is 0 Å². The quantitative estimate of drug-likeness (QED) is 0.575. The molecule has 0 aliphatic heterocycles. The summed E-state index contributed by atoms with van der Waals surface area (Å²) >= 11 is 0. The summed E-state index contributed by atoms with van der Waals surface area (Å²) in [4.78, 5) is 14.3. The van der Waals surface area contributed by atoms with E-state index in [-0.39, 0.29) is 11.6 Å². The highest BCUT2D eigenvalue weighted by atomic mass is 19.1. The molecule has 0 aromatic carbocycles. The Kier molecular flexibility index (Phi) is 1.98. The van der Waals surface area contributed by atoms with Crippen molar-refractivity contribution in [3.8, 4) is 0 Å². The van der Waals surface area contributed by atoms with Crippen LogP contribution in [0.1, 0.15) is 23.0 Å². The zero-order valence-corrected chi connectivity index (χ0v) is 6.39. The summed E-state index contributed by atoms with van der Waals surface area (Å²) in [5, 5.41) is 0. The number of ketones is 1. The van der Waals surface area contributed by atoms with Crippen LogP contribution in [-0.4, -0.2) is 10.8 Å². The van der Waals surface area contributed by atoms with Crippen molar-refractivity contribution < 1.29 is 9.18 Å². The Morgan fingerprint density at radius 1 is 1.64 bits per heavy atom. The second kappa shape index (κ2) is 2.78. The second-order valence-corrected chi connectivity index (χ2v) is 2.37. The van der Waals surface area contributed by atoms with Crippen molar-refractivity contribution in [1.29, 1.82) is 0 Å². The fraction of sp³-hybridized carbons (Fsp3) is 0.250. The van der Waals surface area contributed by atoms with E-state index in [9.17, 15) is 9.18 Å². The first-order chi connectivity index (χ1) is 5.11. The molecule has 0 fully saturated rings. The zero-order chi connectivity index (χ0) is 8.43. The first-order valence-corrected chi connectivity index (χ1v) is 3.24. The lowest BCUT2D eigenvalue weighted by Gasteiger charge is -1.96. The molecule has 0 radical (unpaired) electrons. The number of carbonyl (C=O) groups excluding carboxylic acids is 1. The van der Waals surface area contributed by atoms with E-state index in [4.69, 9.17) is 0 Å². The van der Waals surface area contributed by atoms with Crippen LogP contribution in [0.5, 0.6) is 0 Å². The van der Waals surface area contributed by atoms with Crippen LogP contribution in [0, 0.1) is 12.7 Å². The Hall–Kier alpha value is -1.25. The van der Waals surface area contributed by atoms with Crippen molar-refractivity contribution in [2.75, 3.05) is 0 Å². The molecular formula is C8H8FNO. The van der Waals surface area contributed by atoms with Crippen LogP contribution in [0.25, 0.3) is 0 Å². The van der Waals surface area contributed by atoms with E-state index in [1.807, 2.05) is 0 Å². The van der Waals surface area contributed by atoms with Gasteiger partial charge in [-0.3, -0.25) is 9.78 Å². The summed E-state index contributed by atoms with van der Waals surface area (Å²) in [6.07, 6.45) is 1.06. The van der Waals surface area contributed by atoms with Gasteiger partial charge in [-0.15, -0.1) is 0 Å². The lowest BCUT2D eigenvalue weighted by atomic mass is 10.2. The lowest BCUT2D eigenvalue weighted by Crippen LogP contribution is -1.98. The molecule has 0 saturated heterocycles. The average Bonchev–Trinajstić information content (AvgIpc) is 1.94. The van der Waals surface area contributed by atoms with E-state index < -0.39 is 0 Å². The highest BCUT2D eigenvalue weighted by molar-refractivity contribution is 5.92. The van der Waals surface area contributed by atoms with Gasteiger partial charge in [0.05, 0.1) is 6.20 Å². The number of carbonyl (C=O) groups is 1. The van der Waals surface area contributed by atoms with Gasteiger partial charge in [0.15, 0.2) is 5.78 Å². The SMILES string of the molecule is CC(=O)c1cc(C)c(F)cn1. The molecule has 0 aliphatic carbocycles. The van der Waals surface area contributed by atoms with Crippen molar-refractivity contribution in [3.05, 3.63) is 29.3 Å². The molecule has 1 aromatic rings. The summed E-state index contributed by atoms with van der Waals surface area (Å²) < 4.78 is 12.6. The number of hydrogen-bond donors (Lipinski definition) is 0. The van der Waals surface area contributed by atoms with Crippen molar-refractivity contribution >= 4 is 5.78 Å². The number of nitrogens with zero attached hydrogens (tertiary/aromatic N) is 1. The average molecular weight is 153 g/mol. The highest BCUT2D eigenvalue weighted by Gasteiger charge is 2.03. The van der Waals surface area contributed by atoms with Gasteiger partial charge in [-0.2, -0.15) is 0 Å². The van der Waals surface area contributed by atoms with Gasteiger partial charge in [0, 0.05) is 6.92 Å². The van der Waals surface area contributed by atoms with Gasteiger partial charge in [-0.05, 0) is 18.6 Å². The van der Waals surface area contributed by atoms with Gasteiger partial charge < -0.3 is 0 Å². The molecule has 0 bridgehead atoms. The third-order valence-corrected chi connectivity index (χ3v) is 1.41. The normalized spacial score (nSPS) is 9.73. The molecule has 1 heterocycles. The molecule has 0 N–H and O–H groups in total. The van der Waals surface area contributed by atoms with Crippen LogP contribution in [0.2, 0.25) is 0 Å². The Morgan fingerprint density at radius 2 is 2.27 bits per heavy atom. The molecule has 0 aliphatic rings. The lowest BCUT2D eigenvalue weighted by molar-refractivity contribution is 0.101. The number of halogens is 1. The fourth-order valence-electron chi connectivity index (χ4n) is 0.732. The molecule has 0 amide bonds. The Labute approximate surface area is 64.1 Å². The number of Topliss-reactive ketones (excluding diaryl/α,β-unsaturated/α-hetero) is 1. The molecular weight excluding hydrogens is 145 g/mol. The van der Waals surface area contributed by atoms with E-state index in [2.05, 4.69) is 4.98 Å². The maximum Gasteiger partial charge on any atom is 0.178 e. The minimum absolute atomic E-state index is 0.145. The Morgan fingerprint density at radius 3 is 2.73 bits per heavy atom. The van der Waals surface area contributed by atoms with Gasteiger partial charge in [0.2, 0.25) is 0 Å². The molecule has 1 aromatic heterocycles. The van der Waals surface area contributed by atoms with Crippen molar-refractivity contribution in [2.24, 2.45) is 0 Å². The van der Waals surface area contributed by atoms with Crippen LogP contribution in [0.15, 0.2) is 12.3 Å². The maximum atomic E-state index is 12.6. The minimum atomic E-state index is -0.380. The predicted octanol–water partition coefficient (Wildman–Crippen LogP) is 1.73. The van der Waals surface area contributed by atoms with Crippen LogP contribution in [-0.2, 0) is 0 Å². The molecule has 0 spiro atoms. The van der Waals surface area contributed by atoms with E-state index in [1.54, 1.807) is 6.92 Å². The number of pyridine rings is 1. The third kappa shape index (κ3) is 1.61. The second-order valence-electron chi connectivity index (χ2n) is 2.37. The van der Waals surface area contributed by atoms with Crippen LogP contribution in [0.4, 0.5) is 4.39 Å². The van der Waals surface area contributed by atoms with Crippen molar-refractivity contribution in [3.63, 3.8) is 0 Å². The standard InChI is InChI=1S/C8H8FNO/c1-5-3-8(6(2)11)10-4-7(5)9/h3-4H,1-2H3. The zero-order valence-electron chi connectivity index (χ0n) is 6.39. The highest BCUT2D eigenvalue weighted by Crippen LogP contribution is 2.05. The van der Waals surface area contributed by atoms with Crippen LogP contribution in [0.3, 0.4) is 0 Å². The molecule has 0 saturated carbocycles. The fourth-order valence-corrected chi connectivity index (χ4v) is 0.732. The summed E-state index contributed by atoms with van der Waals surface area (Å²) in [7, 11) is 0.